The molecule has 0 aliphatic carbocycles. The molecule has 5 heteroatoms. The highest BCUT2D eigenvalue weighted by atomic mass is 32.2. The van der Waals surface area contributed by atoms with Crippen molar-refractivity contribution in [1.29, 1.82) is 0 Å². The van der Waals surface area contributed by atoms with Gasteiger partial charge in [-0.05, 0) is 27.2 Å². The summed E-state index contributed by atoms with van der Waals surface area (Å²) >= 11 is 0. The number of carbonyl (C=O) groups excluding carboxylic acids is 1. The smallest absolute Gasteiger partial charge is 0.238 e. The number of rotatable bonds is 4. The van der Waals surface area contributed by atoms with E-state index in [1.165, 1.54) is 6.92 Å². The Balaban J connectivity index is 4.53. The van der Waals surface area contributed by atoms with Crippen LogP contribution in [-0.4, -0.2) is 31.4 Å². The van der Waals surface area contributed by atoms with E-state index < -0.39 is 21.0 Å². The van der Waals surface area contributed by atoms with E-state index in [0.29, 0.717) is 0 Å². The Kier molecular flexibility index (Phi) is 4.12. The van der Waals surface area contributed by atoms with E-state index in [0.717, 1.165) is 12.7 Å². The first kappa shape index (κ1) is 13.4. The molecule has 0 radical (unpaired) electrons. The van der Waals surface area contributed by atoms with Crippen molar-refractivity contribution < 1.29 is 13.2 Å². The molecule has 1 atom stereocenters. The van der Waals surface area contributed by atoms with Crippen molar-refractivity contribution in [3.05, 3.63) is 0 Å². The molecule has 0 saturated heterocycles. The summed E-state index contributed by atoms with van der Waals surface area (Å²) in [5, 5.41) is 1.72. The third-order valence-electron chi connectivity index (χ3n) is 2.36. The predicted molar refractivity (Wildman–Crippen MR) is 56.8 cm³/mol. The predicted octanol–water partition coefficient (Wildman–Crippen LogP) is 0.724. The van der Waals surface area contributed by atoms with Crippen molar-refractivity contribution in [2.24, 2.45) is 0 Å². The first-order chi connectivity index (χ1) is 6.10. The van der Waals surface area contributed by atoms with E-state index in [4.69, 9.17) is 0 Å². The van der Waals surface area contributed by atoms with Gasteiger partial charge in [-0.3, -0.25) is 4.79 Å². The topological polar surface area (TPSA) is 63.2 Å². The standard InChI is InChI=1S/C9H19NO3S/c1-6-9(3,4)10-8(11)7(2)14(5,12)13/h7H,6H2,1-5H3,(H,10,11). The second-order valence-electron chi connectivity index (χ2n) is 4.20. The van der Waals surface area contributed by atoms with Gasteiger partial charge in [0.15, 0.2) is 9.84 Å². The Bertz CT molecular complexity index is 306. The van der Waals surface area contributed by atoms with Crippen molar-refractivity contribution in [2.45, 2.75) is 44.9 Å². The molecule has 1 unspecified atom stereocenters. The van der Waals surface area contributed by atoms with Gasteiger partial charge in [0.05, 0.1) is 0 Å². The summed E-state index contributed by atoms with van der Waals surface area (Å²) in [7, 11) is -3.29. The molecule has 1 N–H and O–H groups in total. The molecule has 0 bridgehead atoms. The molecule has 0 aromatic rings. The lowest BCUT2D eigenvalue weighted by molar-refractivity contribution is -0.122. The fraction of sp³-hybridized carbons (Fsp3) is 0.889. The Morgan fingerprint density at radius 3 is 2.14 bits per heavy atom. The molecule has 0 heterocycles. The zero-order chi connectivity index (χ0) is 11.6. The first-order valence-electron chi connectivity index (χ1n) is 4.61. The maximum atomic E-state index is 11.5. The van der Waals surface area contributed by atoms with Crippen LogP contribution in [0.15, 0.2) is 0 Å². The fourth-order valence-electron chi connectivity index (χ4n) is 0.718. The van der Waals surface area contributed by atoms with Crippen LogP contribution >= 0.6 is 0 Å². The number of carbonyl (C=O) groups is 1. The van der Waals surface area contributed by atoms with Crippen LogP contribution in [0, 0.1) is 0 Å². The average Bonchev–Trinajstić information content (AvgIpc) is 2.00. The molecule has 4 nitrogen and oxygen atoms in total. The highest BCUT2D eigenvalue weighted by molar-refractivity contribution is 7.92. The van der Waals surface area contributed by atoms with Crippen molar-refractivity contribution >= 4 is 15.7 Å². The quantitative estimate of drug-likeness (QED) is 0.761. The lowest BCUT2D eigenvalue weighted by atomic mass is 10.0. The largest absolute Gasteiger partial charge is 0.350 e. The van der Waals surface area contributed by atoms with E-state index in [2.05, 4.69) is 5.32 Å². The third-order valence-corrected chi connectivity index (χ3v) is 3.86. The molecule has 84 valence electrons. The normalized spacial score (nSPS) is 14.9. The second-order valence-corrected chi connectivity index (χ2v) is 6.56. The first-order valence-corrected chi connectivity index (χ1v) is 6.56. The minimum atomic E-state index is -3.29. The van der Waals surface area contributed by atoms with Crippen LogP contribution in [0.2, 0.25) is 0 Å². The van der Waals surface area contributed by atoms with E-state index in [-0.39, 0.29) is 5.54 Å². The Morgan fingerprint density at radius 1 is 1.43 bits per heavy atom. The van der Waals surface area contributed by atoms with Gasteiger partial charge < -0.3 is 5.32 Å². The van der Waals surface area contributed by atoms with Crippen LogP contribution in [0.5, 0.6) is 0 Å². The second kappa shape index (κ2) is 4.29. The van der Waals surface area contributed by atoms with Crippen LogP contribution in [0.25, 0.3) is 0 Å². The number of hydrogen-bond donors (Lipinski definition) is 1. The van der Waals surface area contributed by atoms with Gasteiger partial charge in [-0.2, -0.15) is 0 Å². The monoisotopic (exact) mass is 221 g/mol. The highest BCUT2D eigenvalue weighted by Crippen LogP contribution is 2.08. The summed E-state index contributed by atoms with van der Waals surface area (Å²) in [5.74, 6) is -0.431. The van der Waals surface area contributed by atoms with Crippen LogP contribution in [0.1, 0.15) is 34.1 Å². The molecule has 0 aliphatic rings. The summed E-state index contributed by atoms with van der Waals surface area (Å²) < 4.78 is 22.2. The number of amides is 1. The molecule has 0 fully saturated rings. The summed E-state index contributed by atoms with van der Waals surface area (Å²) in [6.07, 6.45) is 1.82. The molecule has 1 amide bonds. The van der Waals surface area contributed by atoms with Gasteiger partial charge in [0.25, 0.3) is 0 Å². The minimum absolute atomic E-state index is 0.351. The summed E-state index contributed by atoms with van der Waals surface area (Å²) in [5.41, 5.74) is -0.351. The van der Waals surface area contributed by atoms with E-state index in [1.807, 2.05) is 20.8 Å². The lowest BCUT2D eigenvalue weighted by Gasteiger charge is -2.25. The third kappa shape index (κ3) is 4.09. The van der Waals surface area contributed by atoms with Gasteiger partial charge in [0, 0.05) is 11.8 Å². The maximum Gasteiger partial charge on any atom is 0.238 e. The van der Waals surface area contributed by atoms with Crippen molar-refractivity contribution in [1.82, 2.24) is 5.32 Å². The van der Waals surface area contributed by atoms with Gasteiger partial charge in [0.2, 0.25) is 5.91 Å². The minimum Gasteiger partial charge on any atom is -0.350 e. The average molecular weight is 221 g/mol. The fourth-order valence-corrected chi connectivity index (χ4v) is 1.17. The SMILES string of the molecule is CCC(C)(C)NC(=O)C(C)S(C)(=O)=O. The van der Waals surface area contributed by atoms with Crippen LogP contribution in [0.4, 0.5) is 0 Å². The Hall–Kier alpha value is -0.580. The summed E-state index contributed by atoms with van der Waals surface area (Å²) in [4.78, 5) is 11.5. The molecule has 0 saturated carbocycles. The summed E-state index contributed by atoms with van der Waals surface area (Å²) in [6, 6.07) is 0. The van der Waals surface area contributed by atoms with Gasteiger partial charge in [-0.1, -0.05) is 6.92 Å². The van der Waals surface area contributed by atoms with Crippen molar-refractivity contribution in [3.8, 4) is 0 Å². The Morgan fingerprint density at radius 2 is 1.86 bits per heavy atom. The molecule has 14 heavy (non-hydrogen) atoms. The molecular formula is C9H19NO3S. The number of hydrogen-bond acceptors (Lipinski definition) is 3. The van der Waals surface area contributed by atoms with Crippen molar-refractivity contribution in [3.63, 3.8) is 0 Å². The zero-order valence-corrected chi connectivity index (χ0v) is 10.2. The molecule has 0 aromatic heterocycles. The van der Waals surface area contributed by atoms with E-state index in [9.17, 15) is 13.2 Å². The van der Waals surface area contributed by atoms with Crippen LogP contribution in [-0.2, 0) is 14.6 Å². The molecule has 0 rings (SSSR count). The Labute approximate surface area is 86.0 Å². The maximum absolute atomic E-state index is 11.5. The van der Waals surface area contributed by atoms with Gasteiger partial charge in [-0.25, -0.2) is 8.42 Å². The molecule has 0 aromatic carbocycles. The van der Waals surface area contributed by atoms with Crippen LogP contribution < -0.4 is 5.32 Å². The van der Waals surface area contributed by atoms with E-state index in [1.54, 1.807) is 0 Å². The highest BCUT2D eigenvalue weighted by Gasteiger charge is 2.27. The number of sulfone groups is 1. The lowest BCUT2D eigenvalue weighted by Crippen LogP contribution is -2.48. The van der Waals surface area contributed by atoms with Gasteiger partial charge in [0.1, 0.15) is 5.25 Å². The van der Waals surface area contributed by atoms with Crippen LogP contribution in [0.3, 0.4) is 0 Å². The van der Waals surface area contributed by atoms with Gasteiger partial charge in [-0.15, -0.1) is 0 Å². The molecular weight excluding hydrogens is 202 g/mol. The molecule has 0 aliphatic heterocycles. The summed E-state index contributed by atoms with van der Waals surface area (Å²) in [6.45, 7) is 7.06. The van der Waals surface area contributed by atoms with Gasteiger partial charge >= 0.3 is 0 Å². The zero-order valence-electron chi connectivity index (χ0n) is 9.42. The number of nitrogens with one attached hydrogen (secondary N) is 1. The molecule has 0 spiro atoms. The van der Waals surface area contributed by atoms with Crippen molar-refractivity contribution in [2.75, 3.05) is 6.26 Å². The van der Waals surface area contributed by atoms with E-state index >= 15 is 0 Å².